The highest BCUT2D eigenvalue weighted by molar-refractivity contribution is 5.97. The van der Waals surface area contributed by atoms with Crippen LogP contribution in [0.25, 0.3) is 11.4 Å². The molecule has 9 heteroatoms. The number of hydrogen-bond acceptors (Lipinski definition) is 6. The number of hydrogen-bond donors (Lipinski definition) is 0. The number of rotatable bonds is 5. The summed E-state index contributed by atoms with van der Waals surface area (Å²) in [4.78, 5) is 32.7. The molecule has 0 aliphatic carbocycles. The number of nitrogens with zero attached hydrogens (tertiary/aromatic N) is 4. The number of ether oxygens (including phenoxy) is 1. The highest BCUT2D eigenvalue weighted by Crippen LogP contribution is 2.34. The number of fused-ring (bicyclic) bond motifs is 1. The zero-order valence-corrected chi connectivity index (χ0v) is 17.1. The first kappa shape index (κ1) is 20.5. The third-order valence-corrected chi connectivity index (χ3v) is 4.91. The summed E-state index contributed by atoms with van der Waals surface area (Å²) < 4.78 is 24.1. The van der Waals surface area contributed by atoms with Crippen LogP contribution < -0.4 is 9.64 Å². The monoisotopic (exact) mass is 424 g/mol. The van der Waals surface area contributed by atoms with Crippen LogP contribution in [0, 0.1) is 5.82 Å². The maximum Gasteiger partial charge on any atom is 0.265 e. The van der Waals surface area contributed by atoms with Gasteiger partial charge in [-0.3, -0.25) is 9.59 Å². The predicted octanol–water partition coefficient (Wildman–Crippen LogP) is 2.69. The van der Waals surface area contributed by atoms with Gasteiger partial charge in [0.25, 0.3) is 5.91 Å². The topological polar surface area (TPSA) is 88.8 Å². The van der Waals surface area contributed by atoms with Crippen LogP contribution >= 0.6 is 0 Å². The summed E-state index contributed by atoms with van der Waals surface area (Å²) in [6.45, 7) is 0.123. The van der Waals surface area contributed by atoms with Crippen molar-refractivity contribution in [1.29, 1.82) is 0 Å². The number of aryl methyl sites for hydroxylation is 1. The van der Waals surface area contributed by atoms with E-state index in [9.17, 15) is 14.0 Å². The van der Waals surface area contributed by atoms with Crippen molar-refractivity contribution in [2.24, 2.45) is 0 Å². The minimum atomic E-state index is -0.776. The van der Waals surface area contributed by atoms with Crippen molar-refractivity contribution in [2.75, 3.05) is 25.5 Å². The van der Waals surface area contributed by atoms with Gasteiger partial charge in [-0.15, -0.1) is 0 Å². The van der Waals surface area contributed by atoms with Crippen LogP contribution in [0.15, 0.2) is 53.1 Å². The predicted molar refractivity (Wildman–Crippen MR) is 110 cm³/mol. The number of benzene rings is 2. The lowest BCUT2D eigenvalue weighted by molar-refractivity contribution is -0.136. The molecule has 1 aromatic heterocycles. The van der Waals surface area contributed by atoms with E-state index in [-0.39, 0.29) is 37.0 Å². The standard InChI is InChI=1S/C22H21FN4O4/c1-26(2)22(29)18-13-27(16-5-3-4-6-17(16)30-18)20(28)12-11-19-24-21(25-31-19)14-7-9-15(23)10-8-14/h3-10,18H,11-13H2,1-2H3/t18-/m1/s1. The van der Waals surface area contributed by atoms with E-state index >= 15 is 0 Å². The molecule has 8 nitrogen and oxygen atoms in total. The zero-order chi connectivity index (χ0) is 22.0. The van der Waals surface area contributed by atoms with Crippen molar-refractivity contribution in [2.45, 2.75) is 18.9 Å². The molecule has 4 rings (SSSR count). The molecule has 0 spiro atoms. The van der Waals surface area contributed by atoms with Crippen molar-refractivity contribution >= 4 is 17.5 Å². The Hall–Kier alpha value is -3.75. The Kier molecular flexibility index (Phi) is 5.66. The molecule has 0 saturated carbocycles. The minimum Gasteiger partial charge on any atom is -0.476 e. The molecule has 1 aliphatic heterocycles. The second kappa shape index (κ2) is 8.55. The smallest absolute Gasteiger partial charge is 0.265 e. The molecule has 1 aliphatic rings. The van der Waals surface area contributed by atoms with E-state index in [1.807, 2.05) is 6.07 Å². The number of amides is 2. The van der Waals surface area contributed by atoms with Crippen molar-refractivity contribution < 1.29 is 23.2 Å². The Balaban J connectivity index is 1.46. The van der Waals surface area contributed by atoms with Crippen molar-refractivity contribution in [1.82, 2.24) is 15.0 Å². The van der Waals surface area contributed by atoms with Gasteiger partial charge in [-0.1, -0.05) is 17.3 Å². The van der Waals surface area contributed by atoms with Gasteiger partial charge < -0.3 is 19.1 Å². The van der Waals surface area contributed by atoms with Crippen LogP contribution in [-0.4, -0.2) is 53.6 Å². The van der Waals surface area contributed by atoms with E-state index in [4.69, 9.17) is 9.26 Å². The normalized spacial score (nSPS) is 15.2. The van der Waals surface area contributed by atoms with E-state index < -0.39 is 6.10 Å². The summed E-state index contributed by atoms with van der Waals surface area (Å²) in [7, 11) is 3.29. The Morgan fingerprint density at radius 2 is 1.90 bits per heavy atom. The number of carbonyl (C=O) groups is 2. The van der Waals surface area contributed by atoms with E-state index in [1.165, 1.54) is 17.0 Å². The van der Waals surface area contributed by atoms with Crippen LogP contribution in [0.1, 0.15) is 12.3 Å². The van der Waals surface area contributed by atoms with Crippen LogP contribution in [0.4, 0.5) is 10.1 Å². The third-order valence-electron chi connectivity index (χ3n) is 4.91. The van der Waals surface area contributed by atoms with Crippen LogP contribution in [0.3, 0.4) is 0 Å². The molecule has 0 bridgehead atoms. The molecule has 2 aromatic carbocycles. The number of para-hydroxylation sites is 2. The minimum absolute atomic E-state index is 0.113. The quantitative estimate of drug-likeness (QED) is 0.626. The van der Waals surface area contributed by atoms with Gasteiger partial charge in [-0.05, 0) is 36.4 Å². The van der Waals surface area contributed by atoms with Gasteiger partial charge in [0.2, 0.25) is 17.6 Å². The molecule has 0 radical (unpaired) electrons. The first-order chi connectivity index (χ1) is 14.9. The SMILES string of the molecule is CN(C)C(=O)[C@H]1CN(C(=O)CCc2nc(-c3ccc(F)cc3)no2)c2ccccc2O1. The van der Waals surface area contributed by atoms with Crippen molar-refractivity contribution in [3.8, 4) is 17.1 Å². The fourth-order valence-corrected chi connectivity index (χ4v) is 3.31. The molecule has 2 amide bonds. The Labute approximate surface area is 178 Å². The summed E-state index contributed by atoms with van der Waals surface area (Å²) in [6, 6.07) is 12.9. The molecule has 2 heterocycles. The highest BCUT2D eigenvalue weighted by atomic mass is 19.1. The Bertz CT molecular complexity index is 1100. The molecule has 0 N–H and O–H groups in total. The van der Waals surface area contributed by atoms with E-state index in [0.29, 0.717) is 28.7 Å². The van der Waals surface area contributed by atoms with E-state index in [0.717, 1.165) is 0 Å². The number of anilines is 1. The third kappa shape index (κ3) is 4.40. The zero-order valence-electron chi connectivity index (χ0n) is 17.1. The number of aromatic nitrogens is 2. The molecular formula is C22H21FN4O4. The number of halogens is 1. The fraction of sp³-hybridized carbons (Fsp3) is 0.273. The van der Waals surface area contributed by atoms with Gasteiger partial charge in [0.15, 0.2) is 6.10 Å². The van der Waals surface area contributed by atoms with Gasteiger partial charge in [-0.25, -0.2) is 4.39 Å². The van der Waals surface area contributed by atoms with Gasteiger partial charge in [0, 0.05) is 32.5 Å². The largest absolute Gasteiger partial charge is 0.476 e. The fourth-order valence-electron chi connectivity index (χ4n) is 3.31. The molecule has 0 fully saturated rings. The lowest BCUT2D eigenvalue weighted by atomic mass is 10.1. The van der Waals surface area contributed by atoms with Crippen LogP contribution in [0.5, 0.6) is 5.75 Å². The second-order valence-corrected chi connectivity index (χ2v) is 7.33. The van der Waals surface area contributed by atoms with Crippen LogP contribution in [-0.2, 0) is 16.0 Å². The average molecular weight is 424 g/mol. The summed E-state index contributed by atoms with van der Waals surface area (Å²) in [6.07, 6.45) is -0.427. The summed E-state index contributed by atoms with van der Waals surface area (Å²) in [5.74, 6) is 0.363. The Morgan fingerprint density at radius 1 is 1.16 bits per heavy atom. The maximum atomic E-state index is 13.1. The number of likely N-dealkylation sites (N-methyl/N-ethyl adjacent to an activating group) is 1. The molecule has 1 atom stereocenters. The molecule has 0 saturated heterocycles. The maximum absolute atomic E-state index is 13.1. The molecule has 31 heavy (non-hydrogen) atoms. The summed E-state index contributed by atoms with van der Waals surface area (Å²) in [5.41, 5.74) is 1.24. The van der Waals surface area contributed by atoms with Crippen LogP contribution in [0.2, 0.25) is 0 Å². The van der Waals surface area contributed by atoms with Crippen molar-refractivity contribution in [3.05, 3.63) is 60.2 Å². The first-order valence-corrected chi connectivity index (χ1v) is 9.78. The molecule has 0 unspecified atom stereocenters. The van der Waals surface area contributed by atoms with E-state index in [1.54, 1.807) is 49.3 Å². The molecular weight excluding hydrogens is 403 g/mol. The first-order valence-electron chi connectivity index (χ1n) is 9.78. The van der Waals surface area contributed by atoms with Crippen molar-refractivity contribution in [3.63, 3.8) is 0 Å². The number of carbonyl (C=O) groups excluding carboxylic acids is 2. The lowest BCUT2D eigenvalue weighted by Crippen LogP contribution is -2.50. The van der Waals surface area contributed by atoms with Gasteiger partial charge in [0.05, 0.1) is 12.2 Å². The van der Waals surface area contributed by atoms with Gasteiger partial charge in [0.1, 0.15) is 11.6 Å². The summed E-state index contributed by atoms with van der Waals surface area (Å²) >= 11 is 0. The lowest BCUT2D eigenvalue weighted by Gasteiger charge is -2.35. The summed E-state index contributed by atoms with van der Waals surface area (Å²) in [5, 5.41) is 3.89. The second-order valence-electron chi connectivity index (χ2n) is 7.33. The molecule has 3 aromatic rings. The van der Waals surface area contributed by atoms with Gasteiger partial charge in [-0.2, -0.15) is 4.98 Å². The highest BCUT2D eigenvalue weighted by Gasteiger charge is 2.34. The van der Waals surface area contributed by atoms with E-state index in [2.05, 4.69) is 10.1 Å². The van der Waals surface area contributed by atoms with Gasteiger partial charge >= 0.3 is 0 Å². The Morgan fingerprint density at radius 3 is 2.65 bits per heavy atom. The molecule has 160 valence electrons. The average Bonchev–Trinajstić information content (AvgIpc) is 3.25.